The van der Waals surface area contributed by atoms with E-state index in [1.165, 1.54) is 6.20 Å². The molecule has 0 aliphatic heterocycles. The van der Waals surface area contributed by atoms with Crippen molar-refractivity contribution in [3.8, 4) is 22.6 Å². The van der Waals surface area contributed by atoms with Crippen molar-refractivity contribution in [2.75, 3.05) is 13.3 Å². The van der Waals surface area contributed by atoms with Gasteiger partial charge < -0.3 is 4.74 Å². The van der Waals surface area contributed by atoms with Crippen molar-refractivity contribution < 1.29 is 13.5 Å². The fraction of sp³-hybridized carbons (Fsp3) is 0.250. The molecule has 34 heavy (non-hydrogen) atoms. The number of aryl methyl sites for hydroxylation is 3. The Balaban J connectivity index is 1.72. The zero-order valence-electron chi connectivity index (χ0n) is 18.9. The lowest BCUT2D eigenvalue weighted by Gasteiger charge is -2.13. The van der Waals surface area contributed by atoms with Crippen LogP contribution in [-0.2, 0) is 14.1 Å². The average molecular weight is 464 g/mol. The van der Waals surface area contributed by atoms with Crippen LogP contribution in [0.25, 0.3) is 38.8 Å². The van der Waals surface area contributed by atoms with Gasteiger partial charge in [-0.3, -0.25) is 23.8 Å². The van der Waals surface area contributed by atoms with Crippen molar-refractivity contribution in [1.29, 1.82) is 0 Å². The molecular formula is C24H22F2N6O2. The molecule has 0 fully saturated rings. The van der Waals surface area contributed by atoms with E-state index in [0.29, 0.717) is 27.8 Å². The van der Waals surface area contributed by atoms with Gasteiger partial charge in [0, 0.05) is 37.4 Å². The molecule has 0 atom stereocenters. The third-order valence-corrected chi connectivity index (χ3v) is 5.81. The van der Waals surface area contributed by atoms with E-state index in [9.17, 15) is 13.6 Å². The quantitative estimate of drug-likeness (QED) is 0.383. The van der Waals surface area contributed by atoms with E-state index in [-0.39, 0.29) is 11.4 Å². The summed E-state index contributed by atoms with van der Waals surface area (Å²) in [6.07, 6.45) is 5.39. The maximum absolute atomic E-state index is 13.2. The summed E-state index contributed by atoms with van der Waals surface area (Å²) >= 11 is 0. The number of fused-ring (bicyclic) bond motifs is 3. The molecule has 5 aromatic rings. The van der Waals surface area contributed by atoms with Gasteiger partial charge in [0.1, 0.15) is 19.1 Å². The van der Waals surface area contributed by atoms with Gasteiger partial charge in [0.05, 0.1) is 40.3 Å². The van der Waals surface area contributed by atoms with Gasteiger partial charge in [0.2, 0.25) is 0 Å². The number of alkyl halides is 2. The lowest BCUT2D eigenvalue weighted by Crippen LogP contribution is -2.21. The lowest BCUT2D eigenvalue weighted by molar-refractivity contribution is 0.133. The normalized spacial score (nSPS) is 11.7. The minimum Gasteiger partial charge on any atom is -0.483 e. The van der Waals surface area contributed by atoms with Gasteiger partial charge in [0.25, 0.3) is 0 Å². The molecule has 8 nitrogen and oxygen atoms in total. The van der Waals surface area contributed by atoms with E-state index in [4.69, 9.17) is 4.74 Å². The summed E-state index contributed by atoms with van der Waals surface area (Å²) in [6.45, 7) is -0.00596. The largest absolute Gasteiger partial charge is 0.483 e. The highest BCUT2D eigenvalue weighted by molar-refractivity contribution is 6.04. The van der Waals surface area contributed by atoms with E-state index < -0.39 is 19.5 Å². The van der Waals surface area contributed by atoms with Gasteiger partial charge in [-0.1, -0.05) is 6.07 Å². The second-order valence-electron chi connectivity index (χ2n) is 8.13. The molecule has 5 rings (SSSR count). The Kier molecular flexibility index (Phi) is 5.35. The van der Waals surface area contributed by atoms with Crippen LogP contribution >= 0.6 is 0 Å². The van der Waals surface area contributed by atoms with E-state index in [2.05, 4.69) is 15.1 Å². The maximum atomic E-state index is 13.2. The fourth-order valence-corrected chi connectivity index (χ4v) is 4.14. The number of benzene rings is 1. The Morgan fingerprint density at radius 3 is 2.56 bits per heavy atom. The minimum atomic E-state index is -1.17. The third kappa shape index (κ3) is 3.51. The summed E-state index contributed by atoms with van der Waals surface area (Å²) in [7, 11) is 3.52. The van der Waals surface area contributed by atoms with Crippen LogP contribution in [0.4, 0.5) is 8.78 Å². The number of ether oxygens (including phenoxy) is 1. The van der Waals surface area contributed by atoms with Crippen molar-refractivity contribution in [1.82, 2.24) is 28.9 Å². The van der Waals surface area contributed by atoms with Gasteiger partial charge in [-0.15, -0.1) is 0 Å². The summed E-state index contributed by atoms with van der Waals surface area (Å²) in [5, 5.41) is 5.16. The second kappa shape index (κ2) is 8.36. The number of aromatic nitrogens is 6. The topological polar surface area (TPSA) is 79.8 Å². The van der Waals surface area contributed by atoms with Crippen molar-refractivity contribution in [2.24, 2.45) is 14.1 Å². The van der Waals surface area contributed by atoms with Crippen molar-refractivity contribution >= 4 is 21.9 Å². The molecule has 0 unspecified atom stereocenters. The first kappa shape index (κ1) is 21.7. The van der Waals surface area contributed by atoms with E-state index in [1.807, 2.05) is 38.4 Å². The molecule has 10 heteroatoms. The van der Waals surface area contributed by atoms with Gasteiger partial charge in [-0.05, 0) is 30.7 Å². The van der Waals surface area contributed by atoms with Crippen molar-refractivity contribution in [3.05, 3.63) is 65.2 Å². The highest BCUT2D eigenvalue weighted by Crippen LogP contribution is 2.31. The highest BCUT2D eigenvalue weighted by Gasteiger charge is 2.19. The Hall–Kier alpha value is -4.08. The predicted octanol–water partition coefficient (Wildman–Crippen LogP) is 3.67. The Bertz CT molecular complexity index is 1580. The zero-order valence-corrected chi connectivity index (χ0v) is 18.9. The summed E-state index contributed by atoms with van der Waals surface area (Å²) in [5.74, 6) is 0.275. The van der Waals surface area contributed by atoms with Crippen LogP contribution in [0.2, 0.25) is 0 Å². The van der Waals surface area contributed by atoms with Crippen LogP contribution in [0.3, 0.4) is 0 Å². The Morgan fingerprint density at radius 1 is 1.06 bits per heavy atom. The van der Waals surface area contributed by atoms with Gasteiger partial charge >= 0.3 is 5.69 Å². The van der Waals surface area contributed by atoms with Crippen molar-refractivity contribution in [3.63, 3.8) is 0 Å². The molecule has 0 saturated heterocycles. The minimum absolute atomic E-state index is 0.202. The van der Waals surface area contributed by atoms with Crippen LogP contribution in [0.15, 0.2) is 53.8 Å². The van der Waals surface area contributed by atoms with Gasteiger partial charge in [0.15, 0.2) is 6.10 Å². The Morgan fingerprint density at radius 2 is 1.85 bits per heavy atom. The van der Waals surface area contributed by atoms with Gasteiger partial charge in [-0.25, -0.2) is 13.6 Å². The molecule has 4 aromatic heterocycles. The number of hydrogen-bond acceptors (Lipinski definition) is 5. The SMILES string of the molecule is Cc1nn(C)cc1-n1c(=O)n(C)c2cnc3ccc(-c4cncc(OC(CF)CF)c4)cc3c21. The first-order valence-corrected chi connectivity index (χ1v) is 10.7. The molecule has 0 N–H and O–H groups in total. The molecule has 0 aliphatic carbocycles. The summed E-state index contributed by atoms with van der Waals surface area (Å²) < 4.78 is 36.0. The molecule has 1 aromatic carbocycles. The highest BCUT2D eigenvalue weighted by atomic mass is 19.1. The number of imidazole rings is 1. The zero-order chi connectivity index (χ0) is 24.0. The summed E-state index contributed by atoms with van der Waals surface area (Å²) in [6, 6.07) is 7.35. The average Bonchev–Trinajstić information content (AvgIpc) is 3.31. The predicted molar refractivity (Wildman–Crippen MR) is 125 cm³/mol. The van der Waals surface area contributed by atoms with Crippen LogP contribution < -0.4 is 10.4 Å². The molecule has 0 spiro atoms. The molecular weight excluding hydrogens is 442 g/mol. The maximum Gasteiger partial charge on any atom is 0.333 e. The van der Waals surface area contributed by atoms with Crippen LogP contribution in [0.5, 0.6) is 5.75 Å². The van der Waals surface area contributed by atoms with E-state index in [0.717, 1.165) is 16.6 Å². The number of nitrogens with zero attached hydrogens (tertiary/aromatic N) is 6. The van der Waals surface area contributed by atoms with Crippen LogP contribution in [0.1, 0.15) is 5.69 Å². The molecule has 174 valence electrons. The smallest absolute Gasteiger partial charge is 0.333 e. The number of halogens is 2. The van der Waals surface area contributed by atoms with Crippen LogP contribution in [-0.4, -0.2) is 48.3 Å². The molecule has 4 heterocycles. The summed E-state index contributed by atoms with van der Waals surface area (Å²) in [4.78, 5) is 21.9. The standard InChI is InChI=1S/C24H22F2N6O2/c1-14-22(13-30(2)29-14)32-23-19-7-15(4-5-20(19)28-12-21(23)31(3)24(32)33)16-6-17(11-27-10-16)34-18(8-25)9-26/h4-7,10-13,18H,8-9H2,1-3H3. The number of pyridine rings is 2. The Labute approximate surface area is 193 Å². The first-order valence-electron chi connectivity index (χ1n) is 10.7. The molecule has 0 aliphatic rings. The number of hydrogen-bond donors (Lipinski definition) is 0. The van der Waals surface area contributed by atoms with Crippen LogP contribution in [0, 0.1) is 6.92 Å². The molecule has 0 amide bonds. The number of rotatable bonds is 6. The second-order valence-corrected chi connectivity index (χ2v) is 8.13. The third-order valence-electron chi connectivity index (χ3n) is 5.81. The van der Waals surface area contributed by atoms with E-state index in [1.54, 1.807) is 39.3 Å². The lowest BCUT2D eigenvalue weighted by atomic mass is 10.0. The summed E-state index contributed by atoms with van der Waals surface area (Å²) in [5.41, 5.74) is 4.82. The molecule has 0 bridgehead atoms. The molecule has 0 radical (unpaired) electrons. The monoisotopic (exact) mass is 464 g/mol. The van der Waals surface area contributed by atoms with Crippen molar-refractivity contribution in [2.45, 2.75) is 13.0 Å². The first-order chi connectivity index (χ1) is 16.4. The molecule has 0 saturated carbocycles. The van der Waals surface area contributed by atoms with Gasteiger partial charge in [-0.2, -0.15) is 5.10 Å². The fourth-order valence-electron chi connectivity index (χ4n) is 4.14. The van der Waals surface area contributed by atoms with E-state index >= 15 is 0 Å².